The number of methoxy groups -OCH3 is 1. The first-order valence-corrected chi connectivity index (χ1v) is 6.77. The first kappa shape index (κ1) is 14.3. The van der Waals surface area contributed by atoms with Gasteiger partial charge in [0.1, 0.15) is 23.4 Å². The Labute approximate surface area is 126 Å². The van der Waals surface area contributed by atoms with Gasteiger partial charge in [-0.15, -0.1) is 0 Å². The summed E-state index contributed by atoms with van der Waals surface area (Å²) < 4.78 is 10.7. The Hall–Kier alpha value is -2.60. The van der Waals surface area contributed by atoms with Crippen LogP contribution in [0.3, 0.4) is 0 Å². The van der Waals surface area contributed by atoms with Crippen LogP contribution in [0.15, 0.2) is 30.3 Å². The zero-order valence-electron chi connectivity index (χ0n) is 11.9. The number of phenolic OH excluding ortho intramolecular Hbond substituents is 3. The van der Waals surface area contributed by atoms with Crippen LogP contribution in [0.5, 0.6) is 28.7 Å². The molecule has 0 aromatic heterocycles. The molecular formula is C16H16O6. The van der Waals surface area contributed by atoms with Crippen LogP contribution < -0.4 is 9.47 Å². The summed E-state index contributed by atoms with van der Waals surface area (Å²) in [4.78, 5) is 0. The fourth-order valence-electron chi connectivity index (χ4n) is 2.66. The van der Waals surface area contributed by atoms with Crippen molar-refractivity contribution in [1.82, 2.24) is 0 Å². The maximum Gasteiger partial charge on any atom is 0.160 e. The lowest BCUT2D eigenvalue weighted by atomic mass is 9.94. The predicted octanol–water partition coefficient (Wildman–Crippen LogP) is 2.37. The van der Waals surface area contributed by atoms with E-state index in [1.165, 1.54) is 19.2 Å². The number of aliphatic hydroxyl groups excluding tert-OH is 1. The van der Waals surface area contributed by atoms with Crippen molar-refractivity contribution in [3.63, 3.8) is 0 Å². The standard InChI is InChI=1S/C16H16O6/c1-21-13-3-2-8(4-10(13)18)14-7-12(20)16-11(19)5-9(17)6-15(16)22-14/h2-6,12,14,17-20H,7H2,1H3. The van der Waals surface area contributed by atoms with Crippen molar-refractivity contribution in [3.8, 4) is 28.7 Å². The number of hydrogen-bond acceptors (Lipinski definition) is 6. The summed E-state index contributed by atoms with van der Waals surface area (Å²) in [5, 5.41) is 39.4. The molecule has 0 fully saturated rings. The van der Waals surface area contributed by atoms with Crippen molar-refractivity contribution in [2.45, 2.75) is 18.6 Å². The van der Waals surface area contributed by atoms with E-state index in [4.69, 9.17) is 9.47 Å². The predicted molar refractivity (Wildman–Crippen MR) is 77.4 cm³/mol. The molecule has 2 aromatic carbocycles. The van der Waals surface area contributed by atoms with Gasteiger partial charge in [0.25, 0.3) is 0 Å². The van der Waals surface area contributed by atoms with Gasteiger partial charge in [-0.3, -0.25) is 0 Å². The highest BCUT2D eigenvalue weighted by atomic mass is 16.5. The minimum absolute atomic E-state index is 0.0253. The van der Waals surface area contributed by atoms with Gasteiger partial charge in [-0.25, -0.2) is 0 Å². The van der Waals surface area contributed by atoms with Crippen LogP contribution in [0.4, 0.5) is 0 Å². The van der Waals surface area contributed by atoms with Gasteiger partial charge in [0.2, 0.25) is 0 Å². The molecular weight excluding hydrogens is 288 g/mol. The molecule has 6 nitrogen and oxygen atoms in total. The van der Waals surface area contributed by atoms with Gasteiger partial charge in [-0.1, -0.05) is 6.07 Å². The zero-order valence-corrected chi connectivity index (χ0v) is 11.9. The Bertz CT molecular complexity index is 712. The molecule has 3 rings (SSSR count). The molecule has 1 aliphatic heterocycles. The summed E-state index contributed by atoms with van der Waals surface area (Å²) >= 11 is 0. The topological polar surface area (TPSA) is 99.4 Å². The molecule has 2 atom stereocenters. The van der Waals surface area contributed by atoms with Crippen LogP contribution in [0.2, 0.25) is 0 Å². The fraction of sp³-hybridized carbons (Fsp3) is 0.250. The van der Waals surface area contributed by atoms with E-state index >= 15 is 0 Å². The third-order valence-electron chi connectivity index (χ3n) is 3.72. The van der Waals surface area contributed by atoms with E-state index in [-0.39, 0.29) is 35.0 Å². The minimum Gasteiger partial charge on any atom is -0.508 e. The molecule has 116 valence electrons. The molecule has 2 aromatic rings. The molecule has 2 unspecified atom stereocenters. The molecule has 6 heteroatoms. The van der Waals surface area contributed by atoms with Gasteiger partial charge in [0.15, 0.2) is 11.5 Å². The van der Waals surface area contributed by atoms with Crippen molar-refractivity contribution in [3.05, 3.63) is 41.5 Å². The Balaban J connectivity index is 1.96. The number of aliphatic hydroxyl groups is 1. The molecule has 1 aliphatic rings. The smallest absolute Gasteiger partial charge is 0.160 e. The quantitative estimate of drug-likeness (QED) is 0.680. The third kappa shape index (κ3) is 2.37. The highest BCUT2D eigenvalue weighted by Crippen LogP contribution is 2.47. The second-order valence-electron chi connectivity index (χ2n) is 5.17. The molecule has 22 heavy (non-hydrogen) atoms. The van der Waals surface area contributed by atoms with Gasteiger partial charge >= 0.3 is 0 Å². The Morgan fingerprint density at radius 3 is 2.55 bits per heavy atom. The number of ether oxygens (including phenoxy) is 2. The maximum atomic E-state index is 10.2. The van der Waals surface area contributed by atoms with Gasteiger partial charge in [-0.2, -0.15) is 0 Å². The second kappa shape index (κ2) is 5.31. The van der Waals surface area contributed by atoms with E-state index in [0.717, 1.165) is 6.07 Å². The lowest BCUT2D eigenvalue weighted by Crippen LogP contribution is -2.19. The summed E-state index contributed by atoms with van der Waals surface area (Å²) in [7, 11) is 1.46. The molecule has 0 amide bonds. The minimum atomic E-state index is -0.932. The van der Waals surface area contributed by atoms with Crippen molar-refractivity contribution in [2.75, 3.05) is 7.11 Å². The molecule has 0 bridgehead atoms. The van der Waals surface area contributed by atoms with E-state index in [0.29, 0.717) is 11.3 Å². The third-order valence-corrected chi connectivity index (χ3v) is 3.72. The summed E-state index contributed by atoms with van der Waals surface area (Å²) in [5.74, 6) is 0.176. The molecule has 0 saturated carbocycles. The van der Waals surface area contributed by atoms with Crippen LogP contribution in [-0.4, -0.2) is 27.5 Å². The van der Waals surface area contributed by atoms with Crippen molar-refractivity contribution in [2.24, 2.45) is 0 Å². The van der Waals surface area contributed by atoms with Crippen LogP contribution >= 0.6 is 0 Å². The van der Waals surface area contributed by atoms with Crippen molar-refractivity contribution < 1.29 is 29.9 Å². The van der Waals surface area contributed by atoms with Crippen LogP contribution in [0.25, 0.3) is 0 Å². The Kier molecular flexibility index (Phi) is 3.46. The highest BCUT2D eigenvalue weighted by Gasteiger charge is 2.31. The van der Waals surface area contributed by atoms with Gasteiger partial charge < -0.3 is 29.9 Å². The monoisotopic (exact) mass is 304 g/mol. The van der Waals surface area contributed by atoms with E-state index in [9.17, 15) is 20.4 Å². The number of fused-ring (bicyclic) bond motifs is 1. The van der Waals surface area contributed by atoms with Crippen LogP contribution in [0, 0.1) is 0 Å². The lowest BCUT2D eigenvalue weighted by molar-refractivity contribution is 0.0630. The molecule has 0 aliphatic carbocycles. The maximum absolute atomic E-state index is 10.2. The second-order valence-corrected chi connectivity index (χ2v) is 5.17. The molecule has 0 spiro atoms. The Morgan fingerprint density at radius 2 is 1.86 bits per heavy atom. The van der Waals surface area contributed by atoms with Crippen molar-refractivity contribution in [1.29, 1.82) is 0 Å². The zero-order chi connectivity index (χ0) is 15.9. The SMILES string of the molecule is COc1ccc(C2CC(O)c3c(O)cc(O)cc3O2)cc1O. The summed E-state index contributed by atoms with van der Waals surface area (Å²) in [6.45, 7) is 0. The average Bonchev–Trinajstić information content (AvgIpc) is 2.45. The normalized spacial score (nSPS) is 20.1. The largest absolute Gasteiger partial charge is 0.508 e. The van der Waals surface area contributed by atoms with E-state index in [1.54, 1.807) is 12.1 Å². The van der Waals surface area contributed by atoms with Crippen molar-refractivity contribution >= 4 is 0 Å². The molecule has 4 N–H and O–H groups in total. The van der Waals surface area contributed by atoms with Gasteiger partial charge in [-0.05, 0) is 17.7 Å². The summed E-state index contributed by atoms with van der Waals surface area (Å²) in [5.41, 5.74) is 0.914. The number of phenols is 3. The summed E-state index contributed by atoms with van der Waals surface area (Å²) in [6.07, 6.45) is -1.23. The molecule has 1 heterocycles. The van der Waals surface area contributed by atoms with E-state index < -0.39 is 12.2 Å². The van der Waals surface area contributed by atoms with Crippen LogP contribution in [-0.2, 0) is 0 Å². The van der Waals surface area contributed by atoms with Gasteiger partial charge in [0.05, 0.1) is 18.8 Å². The van der Waals surface area contributed by atoms with Crippen LogP contribution in [0.1, 0.15) is 29.8 Å². The average molecular weight is 304 g/mol. The molecule has 0 radical (unpaired) electrons. The first-order valence-electron chi connectivity index (χ1n) is 6.77. The van der Waals surface area contributed by atoms with E-state index in [2.05, 4.69) is 0 Å². The summed E-state index contributed by atoms with van der Waals surface area (Å²) in [6, 6.07) is 7.34. The number of aromatic hydroxyl groups is 3. The van der Waals surface area contributed by atoms with E-state index in [1.807, 2.05) is 0 Å². The highest BCUT2D eigenvalue weighted by molar-refractivity contribution is 5.52. The molecule has 0 saturated heterocycles. The number of hydrogen-bond donors (Lipinski definition) is 4. The van der Waals surface area contributed by atoms with Gasteiger partial charge in [0, 0.05) is 18.6 Å². The lowest BCUT2D eigenvalue weighted by Gasteiger charge is -2.30. The Morgan fingerprint density at radius 1 is 1.09 bits per heavy atom. The fourth-order valence-corrected chi connectivity index (χ4v) is 2.66. The first-order chi connectivity index (χ1) is 10.5. The number of rotatable bonds is 2. The number of benzene rings is 2.